The van der Waals surface area contributed by atoms with E-state index < -0.39 is 6.04 Å². The van der Waals surface area contributed by atoms with Crippen LogP contribution in [-0.4, -0.2) is 30.4 Å². The highest BCUT2D eigenvalue weighted by molar-refractivity contribution is 5.87. The molecular formula is C15H31N3O2. The highest BCUT2D eigenvalue weighted by Crippen LogP contribution is 2.05. The first kappa shape index (κ1) is 18.9. The van der Waals surface area contributed by atoms with Gasteiger partial charge >= 0.3 is 0 Å². The van der Waals surface area contributed by atoms with Gasteiger partial charge in [0.2, 0.25) is 11.8 Å². The van der Waals surface area contributed by atoms with Crippen molar-refractivity contribution in [1.82, 2.24) is 10.6 Å². The molecule has 20 heavy (non-hydrogen) atoms. The Hall–Kier alpha value is -1.10. The maximum Gasteiger partial charge on any atom is 0.239 e. The maximum atomic E-state index is 11.7. The topological polar surface area (TPSA) is 84.2 Å². The lowest BCUT2D eigenvalue weighted by Gasteiger charge is -2.17. The molecule has 0 saturated heterocycles. The summed E-state index contributed by atoms with van der Waals surface area (Å²) in [4.78, 5) is 23.3. The van der Waals surface area contributed by atoms with Crippen molar-refractivity contribution in [3.8, 4) is 0 Å². The Kier molecular flexibility index (Phi) is 10.1. The minimum Gasteiger partial charge on any atom is -0.352 e. The summed E-state index contributed by atoms with van der Waals surface area (Å²) < 4.78 is 0. The van der Waals surface area contributed by atoms with Crippen LogP contribution in [0.15, 0.2) is 0 Å². The number of nitrogens with one attached hydrogen (secondary N) is 2. The van der Waals surface area contributed by atoms with Gasteiger partial charge in [-0.15, -0.1) is 0 Å². The van der Waals surface area contributed by atoms with Crippen molar-refractivity contribution >= 4 is 11.8 Å². The zero-order valence-corrected chi connectivity index (χ0v) is 13.4. The molecule has 0 radical (unpaired) electrons. The third kappa shape index (κ3) is 8.91. The minimum absolute atomic E-state index is 0.00144. The average molecular weight is 285 g/mol. The zero-order chi connectivity index (χ0) is 15.5. The van der Waals surface area contributed by atoms with Crippen molar-refractivity contribution in [1.29, 1.82) is 0 Å². The third-order valence-electron chi connectivity index (χ3n) is 3.34. The van der Waals surface area contributed by atoms with Gasteiger partial charge in [-0.3, -0.25) is 9.59 Å². The van der Waals surface area contributed by atoms with Crippen molar-refractivity contribution in [3.05, 3.63) is 0 Å². The van der Waals surface area contributed by atoms with E-state index in [1.165, 1.54) is 19.3 Å². The number of rotatable bonds is 10. The molecule has 0 saturated carbocycles. The molecular weight excluding hydrogens is 254 g/mol. The molecule has 0 aliphatic rings. The van der Waals surface area contributed by atoms with E-state index in [1.807, 2.05) is 20.8 Å². The zero-order valence-electron chi connectivity index (χ0n) is 13.4. The monoisotopic (exact) mass is 285 g/mol. The Balaban J connectivity index is 3.79. The fraction of sp³-hybridized carbons (Fsp3) is 0.867. The summed E-state index contributed by atoms with van der Waals surface area (Å²) in [6.45, 7) is 7.92. The molecule has 5 nitrogen and oxygen atoms in total. The SMILES string of the molecule is CCCCCCC(C)NC(=O)CNC(=O)[C@@H](N)C(C)C. The van der Waals surface area contributed by atoms with E-state index in [0.717, 1.165) is 12.8 Å². The van der Waals surface area contributed by atoms with Crippen LogP contribution in [0.5, 0.6) is 0 Å². The molecule has 118 valence electrons. The molecule has 2 amide bonds. The summed E-state index contributed by atoms with van der Waals surface area (Å²) in [5, 5.41) is 5.46. The number of carbonyl (C=O) groups is 2. The van der Waals surface area contributed by atoms with Crippen LogP contribution in [0.2, 0.25) is 0 Å². The van der Waals surface area contributed by atoms with Crippen molar-refractivity contribution in [2.75, 3.05) is 6.54 Å². The normalized spacial score (nSPS) is 13.9. The van der Waals surface area contributed by atoms with Gasteiger partial charge in [-0.2, -0.15) is 0 Å². The van der Waals surface area contributed by atoms with E-state index in [0.29, 0.717) is 0 Å². The first-order chi connectivity index (χ1) is 9.38. The lowest BCUT2D eigenvalue weighted by Crippen LogP contribution is -2.48. The minimum atomic E-state index is -0.561. The molecule has 0 aliphatic heterocycles. The molecule has 0 spiro atoms. The second kappa shape index (κ2) is 10.7. The number of hydrogen-bond acceptors (Lipinski definition) is 3. The van der Waals surface area contributed by atoms with Gasteiger partial charge in [0.15, 0.2) is 0 Å². The Morgan fingerprint density at radius 2 is 1.75 bits per heavy atom. The molecule has 0 fully saturated rings. The predicted octanol–water partition coefficient (Wildman–Crippen LogP) is 1.56. The molecule has 0 bridgehead atoms. The summed E-state index contributed by atoms with van der Waals surface area (Å²) >= 11 is 0. The summed E-state index contributed by atoms with van der Waals surface area (Å²) in [6, 6.07) is -0.413. The molecule has 0 aromatic rings. The smallest absolute Gasteiger partial charge is 0.239 e. The van der Waals surface area contributed by atoms with Gasteiger partial charge in [0, 0.05) is 6.04 Å². The van der Waals surface area contributed by atoms with E-state index in [2.05, 4.69) is 17.6 Å². The molecule has 5 heteroatoms. The van der Waals surface area contributed by atoms with Crippen LogP contribution in [-0.2, 0) is 9.59 Å². The fourth-order valence-electron chi connectivity index (χ4n) is 1.86. The highest BCUT2D eigenvalue weighted by Gasteiger charge is 2.17. The number of unbranched alkanes of at least 4 members (excludes halogenated alkanes) is 3. The van der Waals surface area contributed by atoms with Gasteiger partial charge in [-0.25, -0.2) is 0 Å². The van der Waals surface area contributed by atoms with Crippen molar-refractivity contribution in [2.24, 2.45) is 11.7 Å². The predicted molar refractivity (Wildman–Crippen MR) is 82.2 cm³/mol. The number of amides is 2. The van der Waals surface area contributed by atoms with Gasteiger partial charge in [0.05, 0.1) is 12.6 Å². The first-order valence-electron chi connectivity index (χ1n) is 7.71. The number of carbonyl (C=O) groups excluding carboxylic acids is 2. The molecule has 0 aromatic heterocycles. The second-order valence-electron chi connectivity index (χ2n) is 5.81. The van der Waals surface area contributed by atoms with Gasteiger partial charge in [0.25, 0.3) is 0 Å². The van der Waals surface area contributed by atoms with Crippen LogP contribution in [0, 0.1) is 5.92 Å². The molecule has 1 unspecified atom stereocenters. The lowest BCUT2D eigenvalue weighted by atomic mass is 10.1. The van der Waals surface area contributed by atoms with Crippen LogP contribution in [0.3, 0.4) is 0 Å². The van der Waals surface area contributed by atoms with E-state index in [9.17, 15) is 9.59 Å². The molecule has 0 aromatic carbocycles. The van der Waals surface area contributed by atoms with Crippen LogP contribution in [0.1, 0.15) is 59.8 Å². The summed E-state index contributed by atoms with van der Waals surface area (Å²) in [5.41, 5.74) is 5.70. The largest absolute Gasteiger partial charge is 0.352 e. The second-order valence-corrected chi connectivity index (χ2v) is 5.81. The van der Waals surface area contributed by atoms with E-state index >= 15 is 0 Å². The number of hydrogen-bond donors (Lipinski definition) is 3. The summed E-state index contributed by atoms with van der Waals surface area (Å²) in [5.74, 6) is -0.362. The van der Waals surface area contributed by atoms with Crippen LogP contribution >= 0.6 is 0 Å². The summed E-state index contributed by atoms with van der Waals surface area (Å²) in [7, 11) is 0. The van der Waals surface area contributed by atoms with E-state index in [-0.39, 0.29) is 30.3 Å². The highest BCUT2D eigenvalue weighted by atomic mass is 16.2. The molecule has 0 heterocycles. The third-order valence-corrected chi connectivity index (χ3v) is 3.34. The molecule has 2 atom stereocenters. The van der Waals surface area contributed by atoms with E-state index in [4.69, 9.17) is 5.73 Å². The Labute approximate surface area is 123 Å². The standard InChI is InChI=1S/C15H31N3O2/c1-5-6-7-8-9-12(4)18-13(19)10-17-15(20)14(16)11(2)3/h11-12,14H,5-10,16H2,1-4H3,(H,17,20)(H,18,19)/t12?,14-/m0/s1. The quantitative estimate of drug-likeness (QED) is 0.533. The van der Waals surface area contributed by atoms with Crippen molar-refractivity contribution in [3.63, 3.8) is 0 Å². The first-order valence-corrected chi connectivity index (χ1v) is 7.71. The van der Waals surface area contributed by atoms with Gasteiger partial charge in [-0.05, 0) is 19.3 Å². The van der Waals surface area contributed by atoms with Crippen molar-refractivity contribution in [2.45, 2.75) is 71.9 Å². The van der Waals surface area contributed by atoms with Crippen molar-refractivity contribution < 1.29 is 9.59 Å². The van der Waals surface area contributed by atoms with Gasteiger partial charge in [-0.1, -0.05) is 46.5 Å². The van der Waals surface area contributed by atoms with E-state index in [1.54, 1.807) is 0 Å². The Morgan fingerprint density at radius 1 is 1.10 bits per heavy atom. The average Bonchev–Trinajstić information content (AvgIpc) is 2.39. The van der Waals surface area contributed by atoms with Gasteiger partial charge < -0.3 is 16.4 Å². The Bertz CT molecular complexity index is 293. The van der Waals surface area contributed by atoms with Crippen LogP contribution < -0.4 is 16.4 Å². The fourth-order valence-corrected chi connectivity index (χ4v) is 1.86. The molecule has 4 N–H and O–H groups in total. The summed E-state index contributed by atoms with van der Waals surface area (Å²) in [6.07, 6.45) is 5.76. The van der Waals surface area contributed by atoms with Crippen LogP contribution in [0.4, 0.5) is 0 Å². The molecule has 0 aliphatic carbocycles. The Morgan fingerprint density at radius 3 is 2.30 bits per heavy atom. The van der Waals surface area contributed by atoms with Crippen LogP contribution in [0.25, 0.3) is 0 Å². The maximum absolute atomic E-state index is 11.7. The lowest BCUT2D eigenvalue weighted by molar-refractivity contribution is -0.127. The van der Waals surface area contributed by atoms with Gasteiger partial charge in [0.1, 0.15) is 0 Å². The number of nitrogens with two attached hydrogens (primary N) is 1. The molecule has 0 rings (SSSR count).